The maximum absolute atomic E-state index is 11.7. The summed E-state index contributed by atoms with van der Waals surface area (Å²) in [6.07, 6.45) is 1.81. The second kappa shape index (κ2) is 6.24. The molecule has 4 rings (SSSR count). The van der Waals surface area contributed by atoms with Gasteiger partial charge in [-0.3, -0.25) is 4.79 Å². The Labute approximate surface area is 154 Å². The van der Waals surface area contributed by atoms with E-state index in [9.17, 15) is 4.79 Å². The minimum atomic E-state index is 0.483. The Hall–Kier alpha value is -2.24. The van der Waals surface area contributed by atoms with Gasteiger partial charge in [0.2, 0.25) is 5.95 Å². The molecule has 0 atom stereocenters. The third-order valence-electron chi connectivity index (χ3n) is 4.42. The van der Waals surface area contributed by atoms with Crippen LogP contribution in [0.15, 0.2) is 24.3 Å². The van der Waals surface area contributed by atoms with E-state index in [1.54, 1.807) is 19.2 Å². The fraction of sp³-hybridized carbons (Fsp3) is 0.222. The molecule has 0 saturated heterocycles. The zero-order valence-electron chi connectivity index (χ0n) is 13.5. The quantitative estimate of drug-likeness (QED) is 0.677. The molecule has 1 N–H and O–H groups in total. The lowest BCUT2D eigenvalue weighted by Gasteiger charge is -2.16. The normalized spacial score (nSPS) is 13.4. The lowest BCUT2D eigenvalue weighted by Crippen LogP contribution is -2.17. The van der Waals surface area contributed by atoms with E-state index in [2.05, 4.69) is 10.3 Å². The Balaban J connectivity index is 2.00. The third-order valence-corrected chi connectivity index (χ3v) is 5.12. The molecule has 2 heterocycles. The highest BCUT2D eigenvalue weighted by Crippen LogP contribution is 2.41. The Morgan fingerprint density at radius 1 is 1.28 bits per heavy atom. The number of ether oxygens (including phenoxy) is 1. The number of rotatable bonds is 3. The van der Waals surface area contributed by atoms with Gasteiger partial charge in [-0.2, -0.15) is 0 Å². The lowest BCUT2D eigenvalue weighted by molar-refractivity contribution is 0.112. The molecule has 1 aliphatic heterocycles. The monoisotopic (exact) mass is 375 g/mol. The van der Waals surface area contributed by atoms with Crippen molar-refractivity contribution in [3.05, 3.63) is 39.9 Å². The first kappa shape index (κ1) is 16.2. The van der Waals surface area contributed by atoms with Gasteiger partial charge in [-0.05, 0) is 30.7 Å². The highest BCUT2D eigenvalue weighted by atomic mass is 35.5. The first-order chi connectivity index (χ1) is 12.1. The fourth-order valence-electron chi connectivity index (χ4n) is 3.23. The summed E-state index contributed by atoms with van der Waals surface area (Å²) in [6, 6.07) is 7.13. The number of halogens is 2. The third kappa shape index (κ3) is 2.55. The number of carbonyl (C=O) groups excluding carboxylic acids is 1. The van der Waals surface area contributed by atoms with Gasteiger partial charge in [0, 0.05) is 29.8 Å². The van der Waals surface area contributed by atoms with Crippen molar-refractivity contribution in [2.75, 3.05) is 19.0 Å². The second-order valence-electron chi connectivity index (χ2n) is 5.86. The molecule has 5 nitrogen and oxygen atoms in total. The van der Waals surface area contributed by atoms with Gasteiger partial charge in [0.1, 0.15) is 11.3 Å². The Bertz CT molecular complexity index is 998. The Morgan fingerprint density at radius 2 is 2.12 bits per heavy atom. The van der Waals surface area contributed by atoms with Gasteiger partial charge in [0.05, 0.1) is 22.7 Å². The molecule has 0 unspecified atom stereocenters. The zero-order valence-corrected chi connectivity index (χ0v) is 15.0. The summed E-state index contributed by atoms with van der Waals surface area (Å²) in [5, 5.41) is 4.23. The standard InChI is InChI=1S/C18H15Cl2N3O2/c1-25-11-3-4-12(14(19)8-11)13-7-10(9-24)17-16(15(13)20)22-18-21-5-2-6-23(17)18/h3-4,7-9H,2,5-6H2,1H3,(H,21,22). The molecule has 0 radical (unpaired) electrons. The molecule has 0 spiro atoms. The van der Waals surface area contributed by atoms with Crippen LogP contribution in [0.25, 0.3) is 22.2 Å². The van der Waals surface area contributed by atoms with Crippen molar-refractivity contribution >= 4 is 46.5 Å². The number of fused-ring (bicyclic) bond motifs is 3. The smallest absolute Gasteiger partial charge is 0.203 e. The molecule has 3 aromatic rings. The number of anilines is 1. The average molecular weight is 376 g/mol. The largest absolute Gasteiger partial charge is 0.497 e. The number of hydrogen-bond donors (Lipinski definition) is 1. The van der Waals surface area contributed by atoms with E-state index in [0.717, 1.165) is 42.8 Å². The van der Waals surface area contributed by atoms with Crippen molar-refractivity contribution in [1.29, 1.82) is 0 Å². The molecule has 7 heteroatoms. The summed E-state index contributed by atoms with van der Waals surface area (Å²) in [5.74, 6) is 1.40. The topological polar surface area (TPSA) is 56.1 Å². The average Bonchev–Trinajstić information content (AvgIpc) is 3.03. The summed E-state index contributed by atoms with van der Waals surface area (Å²) < 4.78 is 7.20. The van der Waals surface area contributed by atoms with E-state index in [1.807, 2.05) is 16.7 Å². The van der Waals surface area contributed by atoms with Crippen LogP contribution in [0.2, 0.25) is 10.0 Å². The number of benzene rings is 2. The number of hydrogen-bond acceptors (Lipinski definition) is 4. The number of imidazole rings is 1. The van der Waals surface area contributed by atoms with Crippen molar-refractivity contribution in [3.8, 4) is 16.9 Å². The summed E-state index contributed by atoms with van der Waals surface area (Å²) in [7, 11) is 1.58. The van der Waals surface area contributed by atoms with Crippen LogP contribution in [0.5, 0.6) is 5.75 Å². The molecule has 0 saturated carbocycles. The molecule has 0 fully saturated rings. The van der Waals surface area contributed by atoms with E-state index >= 15 is 0 Å². The van der Waals surface area contributed by atoms with Gasteiger partial charge < -0.3 is 14.6 Å². The van der Waals surface area contributed by atoms with Gasteiger partial charge in [-0.25, -0.2) is 4.98 Å². The van der Waals surface area contributed by atoms with E-state index in [0.29, 0.717) is 32.4 Å². The number of aryl methyl sites for hydroxylation is 1. The van der Waals surface area contributed by atoms with Crippen LogP contribution in [0.4, 0.5) is 5.95 Å². The first-order valence-corrected chi connectivity index (χ1v) is 8.65. The molecule has 2 aromatic carbocycles. The highest BCUT2D eigenvalue weighted by molar-refractivity contribution is 6.40. The molecule has 0 aliphatic carbocycles. The number of nitrogens with zero attached hydrogens (tertiary/aromatic N) is 2. The van der Waals surface area contributed by atoms with Crippen molar-refractivity contribution in [2.24, 2.45) is 0 Å². The second-order valence-corrected chi connectivity index (χ2v) is 6.64. The van der Waals surface area contributed by atoms with E-state index in [4.69, 9.17) is 27.9 Å². The Kier molecular flexibility index (Phi) is 4.06. The minimum Gasteiger partial charge on any atom is -0.497 e. The van der Waals surface area contributed by atoms with Crippen molar-refractivity contribution in [1.82, 2.24) is 9.55 Å². The maximum Gasteiger partial charge on any atom is 0.203 e. The SMILES string of the molecule is COc1ccc(-c2cc(C=O)c3c(nc4n3CCCN4)c2Cl)c(Cl)c1. The van der Waals surface area contributed by atoms with Crippen LogP contribution in [-0.2, 0) is 6.54 Å². The van der Waals surface area contributed by atoms with Crippen LogP contribution in [-0.4, -0.2) is 29.5 Å². The minimum absolute atomic E-state index is 0.483. The van der Waals surface area contributed by atoms with Crippen molar-refractivity contribution < 1.29 is 9.53 Å². The highest BCUT2D eigenvalue weighted by Gasteiger charge is 2.22. The summed E-state index contributed by atoms with van der Waals surface area (Å²) in [5.41, 5.74) is 3.33. The molecule has 0 amide bonds. The molecule has 0 bridgehead atoms. The predicted octanol–water partition coefficient (Wildman–Crippen LogP) is 4.65. The van der Waals surface area contributed by atoms with Crippen LogP contribution in [0.1, 0.15) is 16.8 Å². The van der Waals surface area contributed by atoms with Crippen LogP contribution < -0.4 is 10.1 Å². The van der Waals surface area contributed by atoms with Crippen molar-refractivity contribution in [2.45, 2.75) is 13.0 Å². The summed E-state index contributed by atoms with van der Waals surface area (Å²) in [4.78, 5) is 16.3. The van der Waals surface area contributed by atoms with Crippen LogP contribution >= 0.6 is 23.2 Å². The zero-order chi connectivity index (χ0) is 17.6. The van der Waals surface area contributed by atoms with E-state index in [-0.39, 0.29) is 0 Å². The van der Waals surface area contributed by atoms with E-state index < -0.39 is 0 Å². The summed E-state index contributed by atoms with van der Waals surface area (Å²) in [6.45, 7) is 1.66. The van der Waals surface area contributed by atoms with Crippen LogP contribution in [0, 0.1) is 0 Å². The predicted molar refractivity (Wildman–Crippen MR) is 100 cm³/mol. The fourth-order valence-corrected chi connectivity index (χ4v) is 3.79. The lowest BCUT2D eigenvalue weighted by atomic mass is 10.0. The first-order valence-electron chi connectivity index (χ1n) is 7.89. The van der Waals surface area contributed by atoms with Gasteiger partial charge in [-0.15, -0.1) is 0 Å². The van der Waals surface area contributed by atoms with Gasteiger partial charge in [0.15, 0.2) is 6.29 Å². The maximum atomic E-state index is 11.7. The number of nitrogens with one attached hydrogen (secondary N) is 1. The van der Waals surface area contributed by atoms with Gasteiger partial charge in [0.25, 0.3) is 0 Å². The van der Waals surface area contributed by atoms with Gasteiger partial charge >= 0.3 is 0 Å². The van der Waals surface area contributed by atoms with E-state index in [1.165, 1.54) is 0 Å². The number of aromatic nitrogens is 2. The number of methoxy groups -OCH3 is 1. The number of carbonyl (C=O) groups is 1. The molecular weight excluding hydrogens is 361 g/mol. The summed E-state index contributed by atoms with van der Waals surface area (Å²) >= 11 is 13.1. The molecule has 128 valence electrons. The Morgan fingerprint density at radius 3 is 2.84 bits per heavy atom. The molecular formula is C18H15Cl2N3O2. The van der Waals surface area contributed by atoms with Crippen LogP contribution in [0.3, 0.4) is 0 Å². The molecule has 25 heavy (non-hydrogen) atoms. The van der Waals surface area contributed by atoms with Crippen molar-refractivity contribution in [3.63, 3.8) is 0 Å². The molecule has 1 aliphatic rings. The number of aldehydes is 1. The van der Waals surface area contributed by atoms with Gasteiger partial charge in [-0.1, -0.05) is 23.2 Å². The molecule has 1 aromatic heterocycles.